The van der Waals surface area contributed by atoms with Crippen LogP contribution in [0.15, 0.2) is 18.2 Å². The fraction of sp³-hybridized carbons (Fsp3) is 0.690. The van der Waals surface area contributed by atoms with Gasteiger partial charge in [-0.05, 0) is 63.4 Å². The Bertz CT molecular complexity index is 1050. The second-order valence-electron chi connectivity index (χ2n) is 11.7. The molecule has 0 bridgehead atoms. The Kier molecular flexibility index (Phi) is 8.07. The normalized spacial score (nSPS) is 27.7. The number of nitrogens with one attached hydrogen (secondary N) is 1. The molecule has 0 aromatic heterocycles. The SMILES string of the molecule is CN[C@H]1CN(C(=O)[C@H](c2cc(N3CCN(C(C)C)CC3)ccc2C(N)=O)C2CCCCC2)[C@@H]2C(=O)CO[C@H]12. The van der Waals surface area contributed by atoms with Gasteiger partial charge in [0, 0.05) is 50.0 Å². The number of amides is 2. The number of Topliss-reactive ketones (excluding diaryl/α,β-unsaturated/α-hetero) is 1. The maximum Gasteiger partial charge on any atom is 0.249 e. The van der Waals surface area contributed by atoms with Crippen molar-refractivity contribution in [2.45, 2.75) is 76.1 Å². The van der Waals surface area contributed by atoms with E-state index < -0.39 is 17.9 Å². The molecule has 0 radical (unpaired) electrons. The number of hydrogen-bond acceptors (Lipinski definition) is 7. The third-order valence-corrected chi connectivity index (χ3v) is 9.27. The molecular formula is C29H43N5O4. The lowest BCUT2D eigenvalue weighted by Crippen LogP contribution is -2.49. The summed E-state index contributed by atoms with van der Waals surface area (Å²) in [6.07, 6.45) is 4.79. The molecule has 9 nitrogen and oxygen atoms in total. The quantitative estimate of drug-likeness (QED) is 0.558. The number of piperazine rings is 1. The predicted octanol–water partition coefficient (Wildman–Crippen LogP) is 1.75. The Balaban J connectivity index is 1.51. The van der Waals surface area contributed by atoms with Crippen LogP contribution in [0.25, 0.3) is 0 Å². The number of ether oxygens (including phenoxy) is 1. The van der Waals surface area contributed by atoms with E-state index >= 15 is 0 Å². The molecule has 1 saturated carbocycles. The number of nitrogens with zero attached hydrogens (tertiary/aromatic N) is 3. The first kappa shape index (κ1) is 27.1. The number of carbonyl (C=O) groups excluding carboxylic acids is 3. The van der Waals surface area contributed by atoms with E-state index in [1.165, 1.54) is 0 Å². The Morgan fingerprint density at radius 1 is 1.08 bits per heavy atom. The average molecular weight is 526 g/mol. The van der Waals surface area contributed by atoms with Crippen LogP contribution < -0.4 is 16.0 Å². The third-order valence-electron chi connectivity index (χ3n) is 9.27. The van der Waals surface area contributed by atoms with Crippen LogP contribution in [-0.2, 0) is 14.3 Å². The number of benzene rings is 1. The van der Waals surface area contributed by atoms with Crippen molar-refractivity contribution in [2.24, 2.45) is 11.7 Å². The molecule has 9 heteroatoms. The molecule has 4 atom stereocenters. The van der Waals surface area contributed by atoms with Crippen molar-refractivity contribution in [3.63, 3.8) is 0 Å². The van der Waals surface area contributed by atoms with E-state index in [-0.39, 0.29) is 36.4 Å². The van der Waals surface area contributed by atoms with Gasteiger partial charge < -0.3 is 25.6 Å². The number of carbonyl (C=O) groups is 3. The van der Waals surface area contributed by atoms with E-state index in [0.29, 0.717) is 23.7 Å². The van der Waals surface area contributed by atoms with Crippen molar-refractivity contribution in [2.75, 3.05) is 51.3 Å². The van der Waals surface area contributed by atoms with Crippen LogP contribution in [0.3, 0.4) is 0 Å². The van der Waals surface area contributed by atoms with Crippen molar-refractivity contribution in [3.05, 3.63) is 29.3 Å². The molecule has 5 rings (SSSR count). The Morgan fingerprint density at radius 2 is 1.79 bits per heavy atom. The molecule has 3 N–H and O–H groups in total. The van der Waals surface area contributed by atoms with E-state index in [9.17, 15) is 14.4 Å². The van der Waals surface area contributed by atoms with Gasteiger partial charge in [0.2, 0.25) is 11.8 Å². The lowest BCUT2D eigenvalue weighted by Gasteiger charge is -2.39. The molecule has 38 heavy (non-hydrogen) atoms. The summed E-state index contributed by atoms with van der Waals surface area (Å²) >= 11 is 0. The predicted molar refractivity (Wildman–Crippen MR) is 146 cm³/mol. The van der Waals surface area contributed by atoms with Gasteiger partial charge in [-0.15, -0.1) is 0 Å². The van der Waals surface area contributed by atoms with E-state index in [1.807, 2.05) is 19.2 Å². The maximum atomic E-state index is 14.5. The second-order valence-corrected chi connectivity index (χ2v) is 11.7. The maximum absolute atomic E-state index is 14.5. The molecule has 3 saturated heterocycles. The fourth-order valence-electron chi connectivity index (χ4n) is 7.10. The molecule has 1 aliphatic carbocycles. The lowest BCUT2D eigenvalue weighted by atomic mass is 9.74. The smallest absolute Gasteiger partial charge is 0.249 e. The topological polar surface area (TPSA) is 108 Å². The highest BCUT2D eigenvalue weighted by Gasteiger charge is 2.53. The van der Waals surface area contributed by atoms with Crippen LogP contribution in [0, 0.1) is 5.92 Å². The minimum Gasteiger partial charge on any atom is -0.369 e. The lowest BCUT2D eigenvalue weighted by molar-refractivity contribution is -0.139. The van der Waals surface area contributed by atoms with Gasteiger partial charge in [0.1, 0.15) is 18.8 Å². The van der Waals surface area contributed by atoms with Crippen LogP contribution in [0.4, 0.5) is 5.69 Å². The van der Waals surface area contributed by atoms with E-state index in [2.05, 4.69) is 29.0 Å². The standard InChI is InChI=1S/C29H43N5O4/c1-18(2)32-11-13-33(14-12-32)20-9-10-21(28(30)36)22(15-20)25(19-7-5-4-6-8-19)29(37)34-16-23(31-3)27-26(34)24(35)17-38-27/h9-10,15,18-19,23,25-27,31H,4-8,11-14,16-17H2,1-3H3,(H2,30,36)/t23-,25-,26+,27+/m0/s1. The molecule has 1 aromatic carbocycles. The summed E-state index contributed by atoms with van der Waals surface area (Å²) in [6.45, 7) is 8.62. The molecular weight excluding hydrogens is 482 g/mol. The number of likely N-dealkylation sites (N-methyl/N-ethyl adjacent to an activating group) is 1. The molecule has 3 heterocycles. The summed E-state index contributed by atoms with van der Waals surface area (Å²) in [7, 11) is 1.84. The Morgan fingerprint density at radius 3 is 2.42 bits per heavy atom. The number of anilines is 1. The zero-order valence-corrected chi connectivity index (χ0v) is 23.0. The molecule has 3 aliphatic heterocycles. The van der Waals surface area contributed by atoms with Crippen molar-refractivity contribution in [3.8, 4) is 0 Å². The summed E-state index contributed by atoms with van der Waals surface area (Å²) in [5.74, 6) is -1.05. The molecule has 1 aromatic rings. The molecule has 0 unspecified atom stereocenters. The molecule has 4 fully saturated rings. The van der Waals surface area contributed by atoms with Gasteiger partial charge in [-0.1, -0.05) is 19.3 Å². The fourth-order valence-corrected chi connectivity index (χ4v) is 7.10. The highest BCUT2D eigenvalue weighted by molar-refractivity contribution is 5.99. The Labute approximate surface area is 226 Å². The van der Waals surface area contributed by atoms with Crippen LogP contribution in [0.5, 0.6) is 0 Å². The van der Waals surface area contributed by atoms with Gasteiger partial charge in [0.05, 0.1) is 12.0 Å². The molecule has 4 aliphatic rings. The highest BCUT2D eigenvalue weighted by Crippen LogP contribution is 2.42. The van der Waals surface area contributed by atoms with E-state index in [1.54, 1.807) is 11.0 Å². The van der Waals surface area contributed by atoms with Gasteiger partial charge in [-0.2, -0.15) is 0 Å². The largest absolute Gasteiger partial charge is 0.369 e. The number of rotatable bonds is 7. The molecule has 208 valence electrons. The summed E-state index contributed by atoms with van der Waals surface area (Å²) < 4.78 is 5.80. The number of nitrogens with two attached hydrogens (primary N) is 1. The summed E-state index contributed by atoms with van der Waals surface area (Å²) in [5.41, 5.74) is 8.05. The Hall–Kier alpha value is -2.49. The van der Waals surface area contributed by atoms with Crippen LogP contribution >= 0.6 is 0 Å². The van der Waals surface area contributed by atoms with Gasteiger partial charge in [0.25, 0.3) is 0 Å². The first-order chi connectivity index (χ1) is 18.3. The molecule has 0 spiro atoms. The summed E-state index contributed by atoms with van der Waals surface area (Å²) in [5, 5.41) is 3.24. The van der Waals surface area contributed by atoms with Crippen LogP contribution in [-0.4, -0.2) is 98.0 Å². The van der Waals surface area contributed by atoms with Gasteiger partial charge in [-0.3, -0.25) is 19.3 Å². The monoisotopic (exact) mass is 525 g/mol. The second kappa shape index (κ2) is 11.3. The minimum atomic E-state index is -0.574. The van der Waals surface area contributed by atoms with Crippen LogP contribution in [0.2, 0.25) is 0 Å². The van der Waals surface area contributed by atoms with Crippen LogP contribution in [0.1, 0.15) is 67.8 Å². The van der Waals surface area contributed by atoms with E-state index in [4.69, 9.17) is 10.5 Å². The minimum absolute atomic E-state index is 0.0375. The summed E-state index contributed by atoms with van der Waals surface area (Å²) in [4.78, 5) is 46.6. The zero-order chi connectivity index (χ0) is 27.0. The zero-order valence-electron chi connectivity index (χ0n) is 23.0. The first-order valence-electron chi connectivity index (χ1n) is 14.3. The van der Waals surface area contributed by atoms with Crippen molar-refractivity contribution in [1.29, 1.82) is 0 Å². The van der Waals surface area contributed by atoms with Gasteiger partial charge in [0.15, 0.2) is 5.78 Å². The first-order valence-corrected chi connectivity index (χ1v) is 14.3. The number of likely N-dealkylation sites (tertiary alicyclic amines) is 1. The van der Waals surface area contributed by atoms with Crippen molar-refractivity contribution >= 4 is 23.3 Å². The van der Waals surface area contributed by atoms with Gasteiger partial charge in [-0.25, -0.2) is 0 Å². The van der Waals surface area contributed by atoms with Crippen molar-refractivity contribution in [1.82, 2.24) is 15.1 Å². The van der Waals surface area contributed by atoms with Crippen molar-refractivity contribution < 1.29 is 19.1 Å². The highest BCUT2D eigenvalue weighted by atomic mass is 16.5. The van der Waals surface area contributed by atoms with Gasteiger partial charge >= 0.3 is 0 Å². The molecule has 2 amide bonds. The third kappa shape index (κ3) is 5.08. The number of primary amides is 1. The number of ketones is 1. The average Bonchev–Trinajstić information content (AvgIpc) is 3.49. The van der Waals surface area contributed by atoms with E-state index in [0.717, 1.165) is 64.0 Å². The number of hydrogen-bond donors (Lipinski definition) is 2. The summed E-state index contributed by atoms with van der Waals surface area (Å²) in [6, 6.07) is 5.65. The number of fused-ring (bicyclic) bond motifs is 1.